The van der Waals surface area contributed by atoms with Crippen LogP contribution in [0.25, 0.3) is 33.2 Å². The first-order chi connectivity index (χ1) is 17.0. The SMILES string of the molecule is CN1CCCN(CCCCNC(=O)c2c(-c3cc4cc(Cl)ccc4[nH]3)[nH]c3cc(Br)ccc23)CC1. The van der Waals surface area contributed by atoms with Crippen LogP contribution in [0.15, 0.2) is 46.9 Å². The van der Waals surface area contributed by atoms with Gasteiger partial charge in [-0.2, -0.15) is 0 Å². The molecule has 0 saturated carbocycles. The second-order valence-electron chi connectivity index (χ2n) is 9.44. The average molecular weight is 557 g/mol. The van der Waals surface area contributed by atoms with Crippen molar-refractivity contribution in [3.05, 3.63) is 57.5 Å². The smallest absolute Gasteiger partial charge is 0.254 e. The lowest BCUT2D eigenvalue weighted by Gasteiger charge is -2.19. The summed E-state index contributed by atoms with van der Waals surface area (Å²) in [6, 6.07) is 13.8. The number of nitrogens with one attached hydrogen (secondary N) is 3. The third-order valence-electron chi connectivity index (χ3n) is 6.84. The molecule has 5 rings (SSSR count). The molecule has 0 atom stereocenters. The molecule has 1 saturated heterocycles. The first kappa shape index (κ1) is 24.4. The molecular weight excluding hydrogens is 526 g/mol. The minimum Gasteiger partial charge on any atom is -0.353 e. The molecule has 0 aliphatic carbocycles. The Balaban J connectivity index is 1.30. The van der Waals surface area contributed by atoms with Crippen LogP contribution in [-0.4, -0.2) is 72.0 Å². The molecule has 4 aromatic rings. The molecule has 2 aromatic carbocycles. The van der Waals surface area contributed by atoms with Crippen molar-refractivity contribution in [2.24, 2.45) is 0 Å². The van der Waals surface area contributed by atoms with Crippen LogP contribution in [0.3, 0.4) is 0 Å². The zero-order chi connectivity index (χ0) is 24.4. The monoisotopic (exact) mass is 555 g/mol. The van der Waals surface area contributed by atoms with Crippen molar-refractivity contribution in [2.45, 2.75) is 19.3 Å². The van der Waals surface area contributed by atoms with E-state index in [0.717, 1.165) is 70.1 Å². The van der Waals surface area contributed by atoms with E-state index in [-0.39, 0.29) is 5.91 Å². The van der Waals surface area contributed by atoms with Crippen LogP contribution < -0.4 is 5.32 Å². The number of unbranched alkanes of at least 4 members (excludes halogenated alkanes) is 1. The molecule has 1 aliphatic rings. The molecule has 0 spiro atoms. The minimum absolute atomic E-state index is 0.0540. The molecule has 1 aliphatic heterocycles. The van der Waals surface area contributed by atoms with Gasteiger partial charge in [-0.1, -0.05) is 33.6 Å². The number of hydrogen-bond acceptors (Lipinski definition) is 3. The lowest BCUT2D eigenvalue weighted by atomic mass is 10.1. The van der Waals surface area contributed by atoms with Crippen LogP contribution >= 0.6 is 27.5 Å². The third kappa shape index (κ3) is 5.59. The number of halogens is 2. The van der Waals surface area contributed by atoms with Crippen molar-refractivity contribution in [1.29, 1.82) is 0 Å². The topological polar surface area (TPSA) is 67.2 Å². The van der Waals surface area contributed by atoms with Gasteiger partial charge in [0.2, 0.25) is 0 Å². The van der Waals surface area contributed by atoms with Crippen LogP contribution in [0.4, 0.5) is 0 Å². The Hall–Kier alpha value is -2.32. The molecule has 1 fully saturated rings. The average Bonchev–Trinajstić information content (AvgIpc) is 3.35. The van der Waals surface area contributed by atoms with Crippen molar-refractivity contribution in [3.63, 3.8) is 0 Å². The van der Waals surface area contributed by atoms with Gasteiger partial charge >= 0.3 is 0 Å². The summed E-state index contributed by atoms with van der Waals surface area (Å²) in [6.07, 6.45) is 3.28. The maximum Gasteiger partial charge on any atom is 0.254 e. The van der Waals surface area contributed by atoms with Gasteiger partial charge in [-0.05, 0) is 82.3 Å². The summed E-state index contributed by atoms with van der Waals surface area (Å²) >= 11 is 9.73. The molecule has 3 N–H and O–H groups in total. The van der Waals surface area contributed by atoms with Crippen molar-refractivity contribution in [2.75, 3.05) is 46.3 Å². The van der Waals surface area contributed by atoms with Crippen LogP contribution in [0.2, 0.25) is 5.02 Å². The Bertz CT molecular complexity index is 1350. The largest absolute Gasteiger partial charge is 0.353 e. The molecule has 8 heteroatoms. The number of aromatic nitrogens is 2. The molecule has 0 unspecified atom stereocenters. The number of likely N-dealkylation sites (N-methyl/N-ethyl adjacent to an activating group) is 1. The summed E-state index contributed by atoms with van der Waals surface area (Å²) in [5, 5.41) is 5.78. The van der Waals surface area contributed by atoms with E-state index in [4.69, 9.17) is 11.6 Å². The highest BCUT2D eigenvalue weighted by atomic mass is 79.9. The van der Waals surface area contributed by atoms with Crippen molar-refractivity contribution in [1.82, 2.24) is 25.1 Å². The number of carbonyl (C=O) groups is 1. The first-order valence-corrected chi connectivity index (χ1v) is 13.4. The summed E-state index contributed by atoms with van der Waals surface area (Å²) in [5.41, 5.74) is 4.22. The zero-order valence-electron chi connectivity index (χ0n) is 20.0. The van der Waals surface area contributed by atoms with Gasteiger partial charge in [0.15, 0.2) is 0 Å². The number of H-pyrrole nitrogens is 2. The summed E-state index contributed by atoms with van der Waals surface area (Å²) in [5.74, 6) is -0.0540. The lowest BCUT2D eigenvalue weighted by Crippen LogP contribution is -2.30. The van der Waals surface area contributed by atoms with Gasteiger partial charge in [0, 0.05) is 50.9 Å². The van der Waals surface area contributed by atoms with E-state index in [0.29, 0.717) is 17.1 Å². The Morgan fingerprint density at radius 2 is 1.91 bits per heavy atom. The second kappa shape index (κ2) is 10.7. The second-order valence-corrected chi connectivity index (χ2v) is 10.8. The van der Waals surface area contributed by atoms with E-state index in [1.165, 1.54) is 19.5 Å². The number of aromatic amines is 2. The molecule has 0 bridgehead atoms. The van der Waals surface area contributed by atoms with Crippen LogP contribution in [0.1, 0.15) is 29.6 Å². The van der Waals surface area contributed by atoms with Gasteiger partial charge in [-0.25, -0.2) is 0 Å². The molecule has 0 radical (unpaired) electrons. The van der Waals surface area contributed by atoms with Crippen molar-refractivity contribution < 1.29 is 4.79 Å². The van der Waals surface area contributed by atoms with Gasteiger partial charge in [-0.3, -0.25) is 4.79 Å². The number of nitrogens with zero attached hydrogens (tertiary/aromatic N) is 2. The number of amides is 1. The van der Waals surface area contributed by atoms with E-state index in [2.05, 4.69) is 48.1 Å². The number of rotatable bonds is 7. The van der Waals surface area contributed by atoms with E-state index >= 15 is 0 Å². The molecule has 2 aromatic heterocycles. The Labute approximate surface area is 219 Å². The van der Waals surface area contributed by atoms with Crippen molar-refractivity contribution >= 4 is 55.2 Å². The molecule has 35 heavy (non-hydrogen) atoms. The van der Waals surface area contributed by atoms with Crippen LogP contribution in [-0.2, 0) is 0 Å². The van der Waals surface area contributed by atoms with Gasteiger partial charge in [-0.15, -0.1) is 0 Å². The van der Waals surface area contributed by atoms with Crippen molar-refractivity contribution in [3.8, 4) is 11.4 Å². The Morgan fingerprint density at radius 3 is 2.80 bits per heavy atom. The minimum atomic E-state index is -0.0540. The fourth-order valence-corrected chi connectivity index (χ4v) is 5.46. The molecule has 3 heterocycles. The maximum absolute atomic E-state index is 13.4. The summed E-state index contributed by atoms with van der Waals surface area (Å²) in [4.78, 5) is 25.3. The van der Waals surface area contributed by atoms with Gasteiger partial charge in [0.25, 0.3) is 5.91 Å². The van der Waals surface area contributed by atoms with E-state index in [1.807, 2.05) is 42.5 Å². The van der Waals surface area contributed by atoms with Gasteiger partial charge in [0.1, 0.15) is 0 Å². The fraction of sp³-hybridized carbons (Fsp3) is 0.370. The van der Waals surface area contributed by atoms with Gasteiger partial charge < -0.3 is 25.1 Å². The maximum atomic E-state index is 13.4. The van der Waals surface area contributed by atoms with E-state index in [9.17, 15) is 4.79 Å². The predicted octanol–water partition coefficient (Wildman–Crippen LogP) is 5.88. The summed E-state index contributed by atoms with van der Waals surface area (Å²) < 4.78 is 0.966. The molecule has 1 amide bonds. The van der Waals surface area contributed by atoms with Gasteiger partial charge in [0.05, 0.1) is 17.0 Å². The van der Waals surface area contributed by atoms with E-state index < -0.39 is 0 Å². The molecule has 184 valence electrons. The number of benzene rings is 2. The Morgan fingerprint density at radius 1 is 1.03 bits per heavy atom. The quantitative estimate of drug-likeness (QED) is 0.249. The lowest BCUT2D eigenvalue weighted by molar-refractivity contribution is 0.0955. The standard InChI is InChI=1S/C27H31BrClN5O/c1-33-10-4-12-34(14-13-33)11-3-2-9-30-27(35)25-21-7-5-19(28)17-23(21)32-26(25)24-16-18-15-20(29)6-8-22(18)31-24/h5-8,15-17,31-32H,2-4,9-14H2,1H3,(H,30,35). The highest BCUT2D eigenvalue weighted by Gasteiger charge is 2.21. The first-order valence-electron chi connectivity index (χ1n) is 12.3. The normalized spacial score (nSPS) is 15.6. The zero-order valence-corrected chi connectivity index (χ0v) is 22.3. The third-order valence-corrected chi connectivity index (χ3v) is 7.57. The molecule has 6 nitrogen and oxygen atoms in total. The highest BCUT2D eigenvalue weighted by Crippen LogP contribution is 2.33. The molecular formula is C27H31BrClN5O. The fourth-order valence-electron chi connectivity index (χ4n) is 4.92. The number of carbonyl (C=O) groups excluding carboxylic acids is 1. The number of fused-ring (bicyclic) bond motifs is 2. The summed E-state index contributed by atoms with van der Waals surface area (Å²) in [6.45, 7) is 6.37. The number of hydrogen-bond donors (Lipinski definition) is 3. The highest BCUT2D eigenvalue weighted by molar-refractivity contribution is 9.10. The van der Waals surface area contributed by atoms with E-state index in [1.54, 1.807) is 0 Å². The Kier molecular flexibility index (Phi) is 7.48. The van der Waals surface area contributed by atoms with Crippen LogP contribution in [0, 0.1) is 0 Å². The summed E-state index contributed by atoms with van der Waals surface area (Å²) in [7, 11) is 2.20. The van der Waals surface area contributed by atoms with Crippen LogP contribution in [0.5, 0.6) is 0 Å². The predicted molar refractivity (Wildman–Crippen MR) is 148 cm³/mol.